The van der Waals surface area contributed by atoms with E-state index in [1.54, 1.807) is 36.9 Å². The van der Waals surface area contributed by atoms with E-state index in [1.165, 1.54) is 11.0 Å². The van der Waals surface area contributed by atoms with Gasteiger partial charge in [-0.05, 0) is 91.9 Å². The third kappa shape index (κ3) is 6.61. The Balaban J connectivity index is 1.50. The Morgan fingerprint density at radius 1 is 0.757 bits per heavy atom. The maximum absolute atomic E-state index is 13.2. The third-order valence-corrected chi connectivity index (χ3v) is 8.66. The summed E-state index contributed by atoms with van der Waals surface area (Å²) in [6.45, 7) is 7.42. The van der Waals surface area contributed by atoms with Gasteiger partial charge in [0.1, 0.15) is 0 Å². The monoisotopic (exact) mass is 530 g/mol. The Bertz CT molecular complexity index is 1550. The molecule has 4 aromatic carbocycles. The molecular weight excluding hydrogens is 500 g/mol. The van der Waals surface area contributed by atoms with Crippen LogP contribution in [0.1, 0.15) is 38.2 Å². The lowest BCUT2D eigenvalue weighted by atomic mass is 10.1. The van der Waals surface area contributed by atoms with Crippen LogP contribution in [0, 0.1) is 27.7 Å². The number of carbonyl (C=O) groups excluding carboxylic acids is 1. The van der Waals surface area contributed by atoms with Crippen molar-refractivity contribution in [3.63, 3.8) is 0 Å². The maximum atomic E-state index is 13.2. The zero-order valence-corrected chi connectivity index (χ0v) is 23.0. The number of sulfonamides is 1. The quantitative estimate of drug-likeness (QED) is 0.235. The van der Waals surface area contributed by atoms with E-state index < -0.39 is 10.0 Å². The van der Waals surface area contributed by atoms with Gasteiger partial charge in [-0.2, -0.15) is 0 Å². The zero-order chi connectivity index (χ0) is 26.6. The first-order chi connectivity index (χ1) is 17.6. The first kappa shape index (κ1) is 26.5. The average molecular weight is 531 g/mol. The van der Waals surface area contributed by atoms with Crippen LogP contribution < -0.4 is 10.0 Å². The highest BCUT2D eigenvalue weighted by molar-refractivity contribution is 7.98. The van der Waals surface area contributed by atoms with Crippen LogP contribution in [0.25, 0.3) is 0 Å². The van der Waals surface area contributed by atoms with Crippen LogP contribution in [0.15, 0.2) is 94.7 Å². The van der Waals surface area contributed by atoms with Crippen molar-refractivity contribution in [3.05, 3.63) is 118 Å². The maximum Gasteiger partial charge on any atom is 0.262 e. The molecule has 190 valence electrons. The van der Waals surface area contributed by atoms with Crippen LogP contribution in [0.2, 0.25) is 0 Å². The largest absolute Gasteiger partial charge is 0.322 e. The lowest BCUT2D eigenvalue weighted by Crippen LogP contribution is -2.18. The molecule has 0 fully saturated rings. The van der Waals surface area contributed by atoms with E-state index in [2.05, 4.69) is 28.2 Å². The minimum absolute atomic E-state index is 0.0751. The van der Waals surface area contributed by atoms with Gasteiger partial charge in [-0.1, -0.05) is 48.5 Å². The number of hydrogen-bond acceptors (Lipinski definition) is 4. The molecule has 0 atom stereocenters. The highest BCUT2D eigenvalue weighted by Crippen LogP contribution is 2.27. The van der Waals surface area contributed by atoms with E-state index in [0.29, 0.717) is 16.9 Å². The van der Waals surface area contributed by atoms with E-state index in [1.807, 2.05) is 63.2 Å². The smallest absolute Gasteiger partial charge is 0.262 e. The molecule has 0 unspecified atom stereocenters. The second kappa shape index (κ2) is 11.2. The van der Waals surface area contributed by atoms with Crippen LogP contribution in [0.3, 0.4) is 0 Å². The summed E-state index contributed by atoms with van der Waals surface area (Å²) in [5.41, 5.74) is 5.92. The van der Waals surface area contributed by atoms with Crippen molar-refractivity contribution in [2.45, 2.75) is 43.2 Å². The minimum atomic E-state index is -3.89. The summed E-state index contributed by atoms with van der Waals surface area (Å²) in [5.74, 6) is 0.462. The number of anilines is 2. The van der Waals surface area contributed by atoms with Crippen molar-refractivity contribution in [3.8, 4) is 0 Å². The van der Waals surface area contributed by atoms with Crippen LogP contribution in [-0.2, 0) is 15.8 Å². The van der Waals surface area contributed by atoms with E-state index in [0.717, 1.165) is 28.0 Å². The van der Waals surface area contributed by atoms with Gasteiger partial charge < -0.3 is 5.32 Å². The molecular formula is C30H30N2O3S2. The fraction of sp³-hybridized carbons (Fsp3) is 0.167. The van der Waals surface area contributed by atoms with Gasteiger partial charge in [0, 0.05) is 21.9 Å². The van der Waals surface area contributed by atoms with Gasteiger partial charge in [-0.15, -0.1) is 11.8 Å². The number of aryl methyl sites for hydroxylation is 4. The number of thioether (sulfide) groups is 1. The molecule has 7 heteroatoms. The number of amides is 1. The van der Waals surface area contributed by atoms with Gasteiger partial charge in [0.05, 0.1) is 10.6 Å². The van der Waals surface area contributed by atoms with Gasteiger partial charge in [0.15, 0.2) is 0 Å². The standard InChI is InChI=1S/C30H30N2O3S2/c1-20-10-11-21(2)28(16-20)32-37(34,35)29-18-25(14-12-22(29)3)30(33)31-27-15-13-24(17-23(27)4)19-36-26-8-6-5-7-9-26/h5-18,32H,19H2,1-4H3,(H,31,33). The highest BCUT2D eigenvalue weighted by Gasteiger charge is 2.20. The molecule has 0 saturated carbocycles. The molecule has 0 radical (unpaired) electrons. The molecule has 2 N–H and O–H groups in total. The molecule has 1 amide bonds. The van der Waals surface area contributed by atoms with Gasteiger partial charge >= 0.3 is 0 Å². The Kier molecular flexibility index (Phi) is 8.05. The average Bonchev–Trinajstić information content (AvgIpc) is 2.87. The molecule has 0 aliphatic carbocycles. The molecule has 0 heterocycles. The highest BCUT2D eigenvalue weighted by atomic mass is 32.2. The summed E-state index contributed by atoms with van der Waals surface area (Å²) in [7, 11) is -3.89. The van der Waals surface area contributed by atoms with Crippen molar-refractivity contribution in [1.29, 1.82) is 0 Å². The molecule has 4 rings (SSSR count). The number of carbonyl (C=O) groups is 1. The summed E-state index contributed by atoms with van der Waals surface area (Å²) >= 11 is 1.76. The summed E-state index contributed by atoms with van der Waals surface area (Å²) in [5, 5.41) is 2.93. The molecule has 5 nitrogen and oxygen atoms in total. The van der Waals surface area contributed by atoms with Crippen molar-refractivity contribution in [1.82, 2.24) is 0 Å². The first-order valence-corrected chi connectivity index (χ1v) is 14.4. The Morgan fingerprint density at radius 2 is 1.49 bits per heavy atom. The Morgan fingerprint density at radius 3 is 2.22 bits per heavy atom. The summed E-state index contributed by atoms with van der Waals surface area (Å²) in [6.07, 6.45) is 0. The lowest BCUT2D eigenvalue weighted by molar-refractivity contribution is 0.102. The van der Waals surface area contributed by atoms with Gasteiger partial charge in [-0.3, -0.25) is 9.52 Å². The SMILES string of the molecule is Cc1ccc(C)c(NS(=O)(=O)c2cc(C(=O)Nc3ccc(CSc4ccccc4)cc3C)ccc2C)c1. The fourth-order valence-electron chi connectivity index (χ4n) is 3.91. The van der Waals surface area contributed by atoms with Crippen LogP contribution in [0.4, 0.5) is 11.4 Å². The predicted octanol–water partition coefficient (Wildman–Crippen LogP) is 7.27. The molecule has 0 saturated heterocycles. The Hall–Kier alpha value is -3.55. The first-order valence-electron chi connectivity index (χ1n) is 11.9. The normalized spacial score (nSPS) is 11.2. The van der Waals surface area contributed by atoms with Crippen molar-refractivity contribution >= 4 is 39.1 Å². The molecule has 0 aromatic heterocycles. The minimum Gasteiger partial charge on any atom is -0.322 e. The second-order valence-electron chi connectivity index (χ2n) is 9.11. The number of nitrogens with one attached hydrogen (secondary N) is 2. The zero-order valence-electron chi connectivity index (χ0n) is 21.3. The van der Waals surface area contributed by atoms with Crippen molar-refractivity contribution in [2.24, 2.45) is 0 Å². The molecule has 37 heavy (non-hydrogen) atoms. The number of hydrogen-bond donors (Lipinski definition) is 2. The summed E-state index contributed by atoms with van der Waals surface area (Å²) in [6, 6.07) is 26.5. The summed E-state index contributed by atoms with van der Waals surface area (Å²) < 4.78 is 29.1. The van der Waals surface area contributed by atoms with Crippen LogP contribution in [-0.4, -0.2) is 14.3 Å². The third-order valence-electron chi connectivity index (χ3n) is 6.06. The van der Waals surface area contributed by atoms with E-state index in [4.69, 9.17) is 0 Å². The molecule has 0 bridgehead atoms. The van der Waals surface area contributed by atoms with Gasteiger partial charge in [0.25, 0.3) is 15.9 Å². The van der Waals surface area contributed by atoms with Crippen molar-refractivity contribution in [2.75, 3.05) is 10.0 Å². The fourth-order valence-corrected chi connectivity index (χ4v) is 6.17. The van der Waals surface area contributed by atoms with E-state index >= 15 is 0 Å². The summed E-state index contributed by atoms with van der Waals surface area (Å²) in [4.78, 5) is 14.4. The second-order valence-corrected chi connectivity index (χ2v) is 11.8. The molecule has 0 spiro atoms. The number of benzene rings is 4. The van der Waals surface area contributed by atoms with Crippen molar-refractivity contribution < 1.29 is 13.2 Å². The molecule has 0 aliphatic rings. The van der Waals surface area contributed by atoms with Crippen LogP contribution in [0.5, 0.6) is 0 Å². The Labute approximate surface area is 223 Å². The van der Waals surface area contributed by atoms with E-state index in [9.17, 15) is 13.2 Å². The van der Waals surface area contributed by atoms with E-state index in [-0.39, 0.29) is 16.4 Å². The topological polar surface area (TPSA) is 75.3 Å². The predicted molar refractivity (Wildman–Crippen MR) is 153 cm³/mol. The van der Waals surface area contributed by atoms with Gasteiger partial charge in [-0.25, -0.2) is 8.42 Å². The molecule has 4 aromatic rings. The number of rotatable bonds is 8. The lowest BCUT2D eigenvalue weighted by Gasteiger charge is -2.15. The molecule has 0 aliphatic heterocycles. The van der Waals surface area contributed by atoms with Crippen LogP contribution >= 0.6 is 11.8 Å². The van der Waals surface area contributed by atoms with Gasteiger partial charge in [0.2, 0.25) is 0 Å².